The summed E-state index contributed by atoms with van der Waals surface area (Å²) in [5.74, 6) is 2.09. The van der Waals surface area contributed by atoms with Crippen molar-refractivity contribution in [3.05, 3.63) is 54.1 Å². The van der Waals surface area contributed by atoms with Gasteiger partial charge in [0.15, 0.2) is 5.75 Å². The van der Waals surface area contributed by atoms with Crippen LogP contribution < -0.4 is 9.46 Å². The lowest BCUT2D eigenvalue weighted by molar-refractivity contribution is -0.136. The van der Waals surface area contributed by atoms with Crippen LogP contribution in [0.4, 0.5) is 5.69 Å². The number of piperidine rings is 1. The number of nitrogens with zero attached hydrogens (tertiary/aromatic N) is 2. The normalized spacial score (nSPS) is 17.6. The quantitative estimate of drug-likeness (QED) is 0.327. The number of amides is 1. The average Bonchev–Trinajstić information content (AvgIpc) is 2.92. The zero-order valence-corrected chi connectivity index (χ0v) is 24.4. The summed E-state index contributed by atoms with van der Waals surface area (Å²) in [5.41, 5.74) is 1.62. The summed E-state index contributed by atoms with van der Waals surface area (Å²) in [6, 6.07) is 15.4. The van der Waals surface area contributed by atoms with E-state index in [0.717, 1.165) is 64.5 Å². The summed E-state index contributed by atoms with van der Waals surface area (Å²) in [5, 5.41) is 0. The summed E-state index contributed by atoms with van der Waals surface area (Å²) in [6.45, 7) is 5.95. The molecule has 4 rings (SSSR count). The van der Waals surface area contributed by atoms with Crippen LogP contribution in [-0.2, 0) is 21.4 Å². The van der Waals surface area contributed by atoms with Gasteiger partial charge in [0.05, 0.1) is 11.9 Å². The number of likely N-dealkylation sites (tertiary alicyclic amines) is 1. The molecule has 1 N–H and O–H groups in total. The molecule has 0 radical (unpaired) electrons. The Morgan fingerprint density at radius 3 is 2.36 bits per heavy atom. The van der Waals surface area contributed by atoms with Crippen molar-refractivity contribution in [3.63, 3.8) is 0 Å². The maximum Gasteiger partial charge on any atom is 0.229 e. The van der Waals surface area contributed by atoms with Crippen LogP contribution in [0.15, 0.2) is 48.5 Å². The molecule has 1 amide bonds. The number of hydrogen-bond donors (Lipinski definition) is 1. The van der Waals surface area contributed by atoms with Crippen LogP contribution in [0.25, 0.3) is 0 Å². The number of nitrogens with one attached hydrogen (secondary N) is 1. The molecule has 8 heteroatoms. The van der Waals surface area contributed by atoms with Gasteiger partial charge < -0.3 is 9.64 Å². The molecule has 1 aliphatic heterocycles. The highest BCUT2D eigenvalue weighted by Gasteiger charge is 2.29. The molecule has 2 aromatic carbocycles. The summed E-state index contributed by atoms with van der Waals surface area (Å²) in [6.07, 6.45) is 12.5. The van der Waals surface area contributed by atoms with E-state index in [1.54, 1.807) is 18.2 Å². The van der Waals surface area contributed by atoms with Gasteiger partial charge in [0.2, 0.25) is 15.9 Å². The smallest absolute Gasteiger partial charge is 0.229 e. The molecule has 0 bridgehead atoms. The van der Waals surface area contributed by atoms with Crippen LogP contribution in [0.5, 0.6) is 11.5 Å². The van der Waals surface area contributed by atoms with Gasteiger partial charge in [0.1, 0.15) is 5.75 Å². The van der Waals surface area contributed by atoms with Crippen LogP contribution in [0.2, 0.25) is 0 Å². The van der Waals surface area contributed by atoms with E-state index in [-0.39, 0.29) is 0 Å². The molecule has 7 nitrogen and oxygen atoms in total. The fourth-order valence-electron chi connectivity index (χ4n) is 5.87. The molecule has 1 saturated heterocycles. The Morgan fingerprint density at radius 2 is 1.69 bits per heavy atom. The number of rotatable bonds is 12. The van der Waals surface area contributed by atoms with E-state index < -0.39 is 10.0 Å². The monoisotopic (exact) mass is 555 g/mol. The van der Waals surface area contributed by atoms with Crippen molar-refractivity contribution in [2.45, 2.75) is 83.7 Å². The van der Waals surface area contributed by atoms with Crippen molar-refractivity contribution in [2.24, 2.45) is 5.92 Å². The number of ether oxygens (including phenoxy) is 1. The molecular formula is C31H45N3O4S. The molecule has 2 aromatic rings. The number of para-hydroxylation sites is 2. The predicted octanol–water partition coefficient (Wildman–Crippen LogP) is 6.41. The summed E-state index contributed by atoms with van der Waals surface area (Å²) in [4.78, 5) is 18.0. The average molecular weight is 556 g/mol. The highest BCUT2D eigenvalue weighted by molar-refractivity contribution is 7.92. The predicted molar refractivity (Wildman–Crippen MR) is 158 cm³/mol. The molecule has 1 saturated carbocycles. The lowest BCUT2D eigenvalue weighted by atomic mass is 9.86. The van der Waals surface area contributed by atoms with Gasteiger partial charge in [-0.15, -0.1) is 0 Å². The lowest BCUT2D eigenvalue weighted by Crippen LogP contribution is -2.48. The Balaban J connectivity index is 1.29. The number of unbranched alkanes of at least 4 members (excludes halogenated alkanes) is 1. The lowest BCUT2D eigenvalue weighted by Gasteiger charge is -2.39. The van der Waals surface area contributed by atoms with Gasteiger partial charge in [-0.1, -0.05) is 56.9 Å². The Kier molecular flexibility index (Phi) is 10.7. The number of anilines is 1. The molecule has 0 atom stereocenters. The second kappa shape index (κ2) is 14.2. The molecule has 1 aliphatic carbocycles. The molecule has 1 heterocycles. The molecule has 0 spiro atoms. The number of carbonyl (C=O) groups is 1. The van der Waals surface area contributed by atoms with Gasteiger partial charge in [-0.25, -0.2) is 8.42 Å². The first-order valence-corrected chi connectivity index (χ1v) is 16.6. The third kappa shape index (κ3) is 9.24. The van der Waals surface area contributed by atoms with Crippen molar-refractivity contribution in [1.82, 2.24) is 9.80 Å². The van der Waals surface area contributed by atoms with Gasteiger partial charge in [-0.3, -0.25) is 14.4 Å². The van der Waals surface area contributed by atoms with E-state index in [0.29, 0.717) is 35.1 Å². The minimum Gasteiger partial charge on any atom is -0.455 e. The Labute approximate surface area is 235 Å². The fourth-order valence-corrected chi connectivity index (χ4v) is 6.44. The maximum atomic E-state index is 13.3. The van der Waals surface area contributed by atoms with Gasteiger partial charge in [0, 0.05) is 38.6 Å². The second-order valence-corrected chi connectivity index (χ2v) is 13.0. The largest absolute Gasteiger partial charge is 0.455 e. The molecule has 0 aromatic heterocycles. The minimum atomic E-state index is -3.40. The number of carbonyl (C=O) groups excluding carboxylic acids is 1. The van der Waals surface area contributed by atoms with Crippen LogP contribution in [0, 0.1) is 5.92 Å². The van der Waals surface area contributed by atoms with Crippen LogP contribution >= 0.6 is 0 Å². The van der Waals surface area contributed by atoms with Crippen molar-refractivity contribution in [3.8, 4) is 11.5 Å². The standard InChI is InChI=1S/C31H45N3O4S/c1-3-4-20-34(31(35)23-25-10-6-5-7-11-25)27-18-21-33(22-19-27)24-26-14-16-28(17-15-26)38-30-13-9-8-12-29(30)32-39(2,36)37/h8-9,12-17,25,27,32H,3-7,10-11,18-24H2,1-2H3. The first kappa shape index (κ1) is 29.4. The first-order valence-electron chi connectivity index (χ1n) is 14.7. The van der Waals surface area contributed by atoms with E-state index >= 15 is 0 Å². The van der Waals surface area contributed by atoms with Crippen molar-refractivity contribution in [2.75, 3.05) is 30.6 Å². The molecule has 0 unspecified atom stereocenters. The SMILES string of the molecule is CCCCN(C(=O)CC1CCCCC1)C1CCN(Cc2ccc(Oc3ccccc3NS(C)(=O)=O)cc2)CC1. The highest BCUT2D eigenvalue weighted by Crippen LogP contribution is 2.31. The molecular weight excluding hydrogens is 510 g/mol. The van der Waals surface area contributed by atoms with E-state index in [9.17, 15) is 13.2 Å². The summed E-state index contributed by atoms with van der Waals surface area (Å²) in [7, 11) is -3.40. The van der Waals surface area contributed by atoms with Gasteiger partial charge in [-0.05, 0) is 67.9 Å². The third-order valence-corrected chi connectivity index (χ3v) is 8.59. The minimum absolute atomic E-state index is 0.361. The Hall–Kier alpha value is -2.58. The Bertz CT molecular complexity index is 1150. The van der Waals surface area contributed by atoms with Gasteiger partial charge >= 0.3 is 0 Å². The number of hydrogen-bond acceptors (Lipinski definition) is 5. The molecule has 2 fully saturated rings. The van der Waals surface area contributed by atoms with Crippen LogP contribution in [0.3, 0.4) is 0 Å². The van der Waals surface area contributed by atoms with Crippen LogP contribution in [0.1, 0.15) is 76.7 Å². The number of sulfonamides is 1. The van der Waals surface area contributed by atoms with E-state index in [4.69, 9.17) is 4.74 Å². The van der Waals surface area contributed by atoms with Crippen molar-refractivity contribution < 1.29 is 17.9 Å². The zero-order valence-electron chi connectivity index (χ0n) is 23.6. The maximum absolute atomic E-state index is 13.3. The summed E-state index contributed by atoms with van der Waals surface area (Å²) >= 11 is 0. The second-order valence-electron chi connectivity index (χ2n) is 11.3. The number of benzene rings is 2. The topological polar surface area (TPSA) is 79.0 Å². The summed E-state index contributed by atoms with van der Waals surface area (Å²) < 4.78 is 31.8. The zero-order chi connectivity index (χ0) is 27.7. The van der Waals surface area contributed by atoms with Gasteiger partial charge in [-0.2, -0.15) is 0 Å². The fraction of sp³-hybridized carbons (Fsp3) is 0.581. The molecule has 2 aliphatic rings. The van der Waals surface area contributed by atoms with Crippen LogP contribution in [-0.4, -0.2) is 56.1 Å². The van der Waals surface area contributed by atoms with Crippen molar-refractivity contribution >= 4 is 21.6 Å². The Morgan fingerprint density at radius 1 is 1.00 bits per heavy atom. The van der Waals surface area contributed by atoms with Crippen molar-refractivity contribution in [1.29, 1.82) is 0 Å². The molecule has 39 heavy (non-hydrogen) atoms. The van der Waals surface area contributed by atoms with E-state index in [1.165, 1.54) is 37.7 Å². The third-order valence-electron chi connectivity index (χ3n) is 8.00. The van der Waals surface area contributed by atoms with E-state index in [2.05, 4.69) is 33.6 Å². The molecule has 214 valence electrons. The van der Waals surface area contributed by atoms with Gasteiger partial charge in [0.25, 0.3) is 0 Å². The van der Waals surface area contributed by atoms with E-state index in [1.807, 2.05) is 18.2 Å². The highest BCUT2D eigenvalue weighted by atomic mass is 32.2. The first-order chi connectivity index (χ1) is 18.8.